The third-order valence-electron chi connectivity index (χ3n) is 1.92. The van der Waals surface area contributed by atoms with Crippen LogP contribution in [0.15, 0.2) is 18.3 Å². The Hall–Kier alpha value is -1.10. The third-order valence-corrected chi connectivity index (χ3v) is 1.92. The summed E-state index contributed by atoms with van der Waals surface area (Å²) in [6.07, 6.45) is 1.56. The van der Waals surface area contributed by atoms with E-state index in [1.54, 1.807) is 23.2 Å². The van der Waals surface area contributed by atoms with Gasteiger partial charge < -0.3 is 0 Å². The fraction of sp³-hybridized carbons (Fsp3) is 0.500. The minimum atomic E-state index is -2.50. The molecular weight excluding hydrogens is 176 g/mol. The summed E-state index contributed by atoms with van der Waals surface area (Å²) in [5, 5.41) is 7.48. The van der Waals surface area contributed by atoms with E-state index in [4.69, 9.17) is 0 Å². The molecule has 1 aliphatic heterocycles. The van der Waals surface area contributed by atoms with Gasteiger partial charge in [-0.15, -0.1) is 0 Å². The Labute approximate surface area is 74.4 Å². The van der Waals surface area contributed by atoms with Crippen LogP contribution in [-0.4, -0.2) is 34.1 Å². The second-order valence-electron chi connectivity index (χ2n) is 3.22. The summed E-state index contributed by atoms with van der Waals surface area (Å²) in [6, 6.07) is 3.53. The summed E-state index contributed by atoms with van der Waals surface area (Å²) in [6.45, 7) is 0.135. The molecule has 0 N–H and O–H groups in total. The van der Waals surface area contributed by atoms with E-state index < -0.39 is 5.92 Å². The number of likely N-dealkylation sites (tertiary alicyclic amines) is 1. The van der Waals surface area contributed by atoms with E-state index in [0.717, 1.165) is 5.69 Å². The molecule has 2 rings (SSSR count). The molecule has 0 aromatic carbocycles. The highest BCUT2D eigenvalue weighted by Gasteiger charge is 2.43. The summed E-state index contributed by atoms with van der Waals surface area (Å²) in [5.41, 5.74) is 0.734. The van der Waals surface area contributed by atoms with Crippen molar-refractivity contribution in [3.05, 3.63) is 24.0 Å². The zero-order valence-corrected chi connectivity index (χ0v) is 6.95. The van der Waals surface area contributed by atoms with Gasteiger partial charge in [-0.1, -0.05) is 0 Å². The topological polar surface area (TPSA) is 29.0 Å². The predicted molar refractivity (Wildman–Crippen MR) is 42.3 cm³/mol. The van der Waals surface area contributed by atoms with E-state index in [-0.39, 0.29) is 13.1 Å². The molecule has 1 aromatic rings. The minimum absolute atomic E-state index is 0.163. The summed E-state index contributed by atoms with van der Waals surface area (Å²) in [5.74, 6) is -2.50. The van der Waals surface area contributed by atoms with Crippen molar-refractivity contribution in [2.45, 2.75) is 12.5 Å². The Morgan fingerprint density at radius 1 is 1.46 bits per heavy atom. The molecule has 1 saturated heterocycles. The highest BCUT2D eigenvalue weighted by Crippen LogP contribution is 2.27. The average Bonchev–Trinajstić information content (AvgIpc) is 2.03. The van der Waals surface area contributed by atoms with Crippen molar-refractivity contribution in [1.29, 1.82) is 0 Å². The van der Waals surface area contributed by atoms with Crippen molar-refractivity contribution in [1.82, 2.24) is 15.1 Å². The van der Waals surface area contributed by atoms with Gasteiger partial charge in [0.25, 0.3) is 5.92 Å². The smallest absolute Gasteiger partial charge is 0.272 e. The second kappa shape index (κ2) is 2.99. The number of aromatic nitrogens is 2. The van der Waals surface area contributed by atoms with E-state index in [0.29, 0.717) is 6.54 Å². The number of halogens is 2. The molecule has 0 amide bonds. The van der Waals surface area contributed by atoms with Crippen LogP contribution in [0.25, 0.3) is 0 Å². The molecule has 1 fully saturated rings. The molecule has 2 heterocycles. The van der Waals surface area contributed by atoms with Crippen LogP contribution in [0.1, 0.15) is 5.69 Å². The molecule has 1 aliphatic rings. The Balaban J connectivity index is 1.88. The summed E-state index contributed by atoms with van der Waals surface area (Å²) in [7, 11) is 0. The highest BCUT2D eigenvalue weighted by molar-refractivity contribution is 5.01. The van der Waals surface area contributed by atoms with E-state index in [2.05, 4.69) is 10.2 Å². The molecule has 0 atom stereocenters. The summed E-state index contributed by atoms with van der Waals surface area (Å²) >= 11 is 0. The van der Waals surface area contributed by atoms with Gasteiger partial charge in [0.1, 0.15) is 0 Å². The summed E-state index contributed by atoms with van der Waals surface area (Å²) in [4.78, 5) is 1.64. The quantitative estimate of drug-likeness (QED) is 0.686. The lowest BCUT2D eigenvalue weighted by atomic mass is 10.1. The molecule has 0 spiro atoms. The van der Waals surface area contributed by atoms with Gasteiger partial charge in [-0.2, -0.15) is 10.2 Å². The largest absolute Gasteiger partial charge is 0.285 e. The van der Waals surface area contributed by atoms with Gasteiger partial charge in [-0.3, -0.25) is 4.90 Å². The molecule has 0 radical (unpaired) electrons. The van der Waals surface area contributed by atoms with Crippen molar-refractivity contribution in [2.75, 3.05) is 13.1 Å². The van der Waals surface area contributed by atoms with Crippen molar-refractivity contribution in [3.8, 4) is 0 Å². The number of nitrogens with zero attached hydrogens (tertiary/aromatic N) is 3. The molecule has 0 aliphatic carbocycles. The number of alkyl halides is 2. The van der Waals surface area contributed by atoms with Crippen LogP contribution in [0, 0.1) is 0 Å². The normalized spacial score (nSPS) is 21.1. The molecular formula is C8H9F2N3. The lowest BCUT2D eigenvalue weighted by molar-refractivity contribution is -0.134. The van der Waals surface area contributed by atoms with Crippen LogP contribution in [0.3, 0.4) is 0 Å². The van der Waals surface area contributed by atoms with Gasteiger partial charge in [0.05, 0.1) is 18.8 Å². The summed E-state index contributed by atoms with van der Waals surface area (Å²) < 4.78 is 24.8. The van der Waals surface area contributed by atoms with E-state index in [1.165, 1.54) is 0 Å². The number of hydrogen-bond donors (Lipinski definition) is 0. The van der Waals surface area contributed by atoms with Crippen LogP contribution >= 0.6 is 0 Å². The maximum atomic E-state index is 12.4. The SMILES string of the molecule is FC1(F)CN(Cc2cccnn2)C1. The van der Waals surface area contributed by atoms with Gasteiger partial charge in [-0.05, 0) is 12.1 Å². The number of hydrogen-bond acceptors (Lipinski definition) is 3. The molecule has 0 saturated carbocycles. The van der Waals surface area contributed by atoms with E-state index in [1.807, 2.05) is 0 Å². The minimum Gasteiger partial charge on any atom is -0.285 e. The van der Waals surface area contributed by atoms with Crippen molar-refractivity contribution in [2.24, 2.45) is 0 Å². The first-order valence-electron chi connectivity index (χ1n) is 4.02. The van der Waals surface area contributed by atoms with Crippen LogP contribution in [0.4, 0.5) is 8.78 Å². The fourth-order valence-corrected chi connectivity index (χ4v) is 1.37. The first-order valence-corrected chi connectivity index (χ1v) is 4.02. The lowest BCUT2D eigenvalue weighted by Gasteiger charge is -2.38. The van der Waals surface area contributed by atoms with Gasteiger partial charge in [0.2, 0.25) is 0 Å². The van der Waals surface area contributed by atoms with Crippen molar-refractivity contribution < 1.29 is 8.78 Å². The molecule has 70 valence electrons. The first-order chi connectivity index (χ1) is 6.16. The van der Waals surface area contributed by atoms with Crippen LogP contribution in [0.2, 0.25) is 0 Å². The lowest BCUT2D eigenvalue weighted by Crippen LogP contribution is -2.55. The van der Waals surface area contributed by atoms with Crippen LogP contribution < -0.4 is 0 Å². The monoisotopic (exact) mass is 185 g/mol. The zero-order chi connectivity index (χ0) is 9.31. The average molecular weight is 185 g/mol. The molecule has 1 aromatic heterocycles. The van der Waals surface area contributed by atoms with Gasteiger partial charge in [0, 0.05) is 12.7 Å². The Bertz CT molecular complexity index is 281. The van der Waals surface area contributed by atoms with Crippen LogP contribution in [0.5, 0.6) is 0 Å². The molecule has 3 nitrogen and oxygen atoms in total. The highest BCUT2D eigenvalue weighted by atomic mass is 19.3. The van der Waals surface area contributed by atoms with Gasteiger partial charge in [-0.25, -0.2) is 8.78 Å². The second-order valence-corrected chi connectivity index (χ2v) is 3.22. The third kappa shape index (κ3) is 1.98. The zero-order valence-electron chi connectivity index (χ0n) is 6.95. The maximum Gasteiger partial charge on any atom is 0.272 e. The molecule has 13 heavy (non-hydrogen) atoms. The Morgan fingerprint density at radius 3 is 2.77 bits per heavy atom. The molecule has 0 bridgehead atoms. The molecule has 0 unspecified atom stereocenters. The Morgan fingerprint density at radius 2 is 2.23 bits per heavy atom. The number of rotatable bonds is 2. The predicted octanol–water partition coefficient (Wildman–Crippen LogP) is 0.927. The van der Waals surface area contributed by atoms with Crippen molar-refractivity contribution in [3.63, 3.8) is 0 Å². The van der Waals surface area contributed by atoms with Crippen molar-refractivity contribution >= 4 is 0 Å². The Kier molecular flexibility index (Phi) is 1.95. The van der Waals surface area contributed by atoms with Gasteiger partial charge in [0.15, 0.2) is 0 Å². The first kappa shape index (κ1) is 8.50. The molecule has 5 heteroatoms. The fourth-order valence-electron chi connectivity index (χ4n) is 1.37. The van der Waals surface area contributed by atoms with Crippen LogP contribution in [-0.2, 0) is 6.54 Å². The van der Waals surface area contributed by atoms with E-state index in [9.17, 15) is 8.78 Å². The van der Waals surface area contributed by atoms with Gasteiger partial charge >= 0.3 is 0 Å². The maximum absolute atomic E-state index is 12.4. The standard InChI is InChI=1S/C8H9F2N3/c9-8(10)5-13(6-8)4-7-2-1-3-11-12-7/h1-3H,4-6H2. The van der Waals surface area contributed by atoms with E-state index >= 15 is 0 Å².